The maximum atomic E-state index is 11.6. The second kappa shape index (κ2) is 8.30. The average Bonchev–Trinajstić information content (AvgIpc) is 2.93. The highest BCUT2D eigenvalue weighted by atomic mass is 32.1. The standard InChI is InChI=1S/C17H23N3O6S/c1-17(2,3)26-14(22)18-7-9-20(16(24)25)8-6-10-4-5-11(21)12-13(10)27-15(23)19-12/h4-5,21H,6-9H2,1-3H3,(H,18,22)(H,19,23)(H,24,25). The summed E-state index contributed by atoms with van der Waals surface area (Å²) in [5, 5.41) is 21.7. The number of aromatic hydroxyl groups is 1. The van der Waals surface area contributed by atoms with E-state index in [0.717, 1.165) is 16.9 Å². The van der Waals surface area contributed by atoms with Crippen molar-refractivity contribution in [1.29, 1.82) is 0 Å². The molecule has 27 heavy (non-hydrogen) atoms. The van der Waals surface area contributed by atoms with Gasteiger partial charge in [-0.3, -0.25) is 4.79 Å². The topological polar surface area (TPSA) is 132 Å². The molecule has 0 aliphatic rings. The van der Waals surface area contributed by atoms with Crippen molar-refractivity contribution < 1.29 is 24.5 Å². The fourth-order valence-electron chi connectivity index (χ4n) is 2.44. The predicted octanol–water partition coefficient (Wildman–Crippen LogP) is 2.34. The van der Waals surface area contributed by atoms with E-state index in [4.69, 9.17) is 4.74 Å². The van der Waals surface area contributed by atoms with Crippen LogP contribution in [0.2, 0.25) is 0 Å². The summed E-state index contributed by atoms with van der Waals surface area (Å²) in [7, 11) is 0. The third kappa shape index (κ3) is 5.88. The summed E-state index contributed by atoms with van der Waals surface area (Å²) in [6, 6.07) is 3.13. The lowest BCUT2D eigenvalue weighted by Crippen LogP contribution is -2.40. The Morgan fingerprint density at radius 1 is 1.30 bits per heavy atom. The van der Waals surface area contributed by atoms with Gasteiger partial charge in [0.15, 0.2) is 0 Å². The third-order valence-corrected chi connectivity index (χ3v) is 4.57. The summed E-state index contributed by atoms with van der Waals surface area (Å²) in [4.78, 5) is 38.0. The van der Waals surface area contributed by atoms with Gasteiger partial charge in [0.2, 0.25) is 0 Å². The molecule has 4 N–H and O–H groups in total. The molecular formula is C17H23N3O6S. The molecule has 2 aromatic rings. The Kier molecular flexibility index (Phi) is 6.32. The number of phenolic OH excluding ortho intramolecular Hbond substituents is 1. The number of thiazole rings is 1. The number of carbonyl (C=O) groups excluding carboxylic acids is 1. The summed E-state index contributed by atoms with van der Waals surface area (Å²) in [5.41, 5.74) is 0.493. The van der Waals surface area contributed by atoms with Gasteiger partial charge in [0, 0.05) is 19.6 Å². The number of aromatic nitrogens is 1. The Morgan fingerprint density at radius 2 is 2.00 bits per heavy atom. The predicted molar refractivity (Wildman–Crippen MR) is 102 cm³/mol. The minimum Gasteiger partial charge on any atom is -0.506 e. The Hall–Kier alpha value is -2.75. The quantitative estimate of drug-likeness (QED) is 0.591. The van der Waals surface area contributed by atoms with Crippen molar-refractivity contribution in [2.24, 2.45) is 0 Å². The van der Waals surface area contributed by atoms with Crippen molar-refractivity contribution in [1.82, 2.24) is 15.2 Å². The van der Waals surface area contributed by atoms with Gasteiger partial charge in [-0.25, -0.2) is 9.59 Å². The number of carboxylic acid groups (broad SMARTS) is 1. The zero-order valence-corrected chi connectivity index (χ0v) is 16.2. The molecule has 0 saturated heterocycles. The number of aromatic amines is 1. The van der Waals surface area contributed by atoms with Gasteiger partial charge in [-0.15, -0.1) is 0 Å². The molecule has 1 aromatic carbocycles. The molecule has 10 heteroatoms. The largest absolute Gasteiger partial charge is 0.506 e. The Labute approximate surface area is 159 Å². The smallest absolute Gasteiger partial charge is 0.407 e. The van der Waals surface area contributed by atoms with Crippen LogP contribution in [0.4, 0.5) is 9.59 Å². The zero-order valence-electron chi connectivity index (χ0n) is 15.4. The van der Waals surface area contributed by atoms with Crippen LogP contribution in [0.5, 0.6) is 5.75 Å². The molecule has 0 radical (unpaired) electrons. The van der Waals surface area contributed by atoms with Crippen molar-refractivity contribution >= 4 is 33.7 Å². The lowest BCUT2D eigenvalue weighted by molar-refractivity contribution is 0.0520. The van der Waals surface area contributed by atoms with E-state index in [1.807, 2.05) is 0 Å². The van der Waals surface area contributed by atoms with Crippen molar-refractivity contribution in [3.63, 3.8) is 0 Å². The van der Waals surface area contributed by atoms with Gasteiger partial charge >= 0.3 is 17.1 Å². The monoisotopic (exact) mass is 397 g/mol. The number of benzene rings is 1. The number of H-pyrrole nitrogens is 1. The lowest BCUT2D eigenvalue weighted by atomic mass is 10.1. The number of rotatable bonds is 6. The molecule has 0 spiro atoms. The van der Waals surface area contributed by atoms with Gasteiger partial charge in [-0.2, -0.15) is 0 Å². The Bertz CT molecular complexity index is 883. The molecule has 0 aliphatic carbocycles. The van der Waals surface area contributed by atoms with Crippen molar-refractivity contribution in [3.8, 4) is 5.75 Å². The van der Waals surface area contributed by atoms with Crippen LogP contribution in [0.1, 0.15) is 26.3 Å². The first-order valence-electron chi connectivity index (χ1n) is 8.35. The molecule has 0 bridgehead atoms. The molecule has 0 saturated carbocycles. The van der Waals surface area contributed by atoms with E-state index in [9.17, 15) is 24.6 Å². The molecule has 148 valence electrons. The van der Waals surface area contributed by atoms with Crippen molar-refractivity contribution in [2.75, 3.05) is 19.6 Å². The van der Waals surface area contributed by atoms with Crippen LogP contribution >= 0.6 is 11.3 Å². The number of amides is 2. The number of fused-ring (bicyclic) bond motifs is 1. The zero-order chi connectivity index (χ0) is 20.2. The first kappa shape index (κ1) is 20.6. The molecule has 0 unspecified atom stereocenters. The van der Waals surface area contributed by atoms with Crippen LogP contribution in [0.25, 0.3) is 10.2 Å². The van der Waals surface area contributed by atoms with Crippen LogP contribution in [-0.2, 0) is 11.2 Å². The fourth-order valence-corrected chi connectivity index (χ4v) is 3.33. The summed E-state index contributed by atoms with van der Waals surface area (Å²) >= 11 is 0.969. The number of nitrogens with zero attached hydrogens (tertiary/aromatic N) is 1. The second-order valence-corrected chi connectivity index (χ2v) is 7.89. The number of nitrogens with one attached hydrogen (secondary N) is 2. The molecule has 1 heterocycles. The lowest BCUT2D eigenvalue weighted by Gasteiger charge is -2.22. The van der Waals surface area contributed by atoms with E-state index >= 15 is 0 Å². The van der Waals surface area contributed by atoms with Gasteiger partial charge in [0.25, 0.3) is 0 Å². The van der Waals surface area contributed by atoms with Gasteiger partial charge < -0.3 is 30.2 Å². The maximum absolute atomic E-state index is 11.6. The molecular weight excluding hydrogens is 374 g/mol. The van der Waals surface area contributed by atoms with Crippen LogP contribution < -0.4 is 10.2 Å². The number of alkyl carbamates (subject to hydrolysis) is 1. The number of phenols is 1. The van der Waals surface area contributed by atoms with E-state index in [1.54, 1.807) is 26.8 Å². The molecule has 0 aliphatic heterocycles. The van der Waals surface area contributed by atoms with E-state index < -0.39 is 17.8 Å². The van der Waals surface area contributed by atoms with Gasteiger partial charge in [0.05, 0.1) is 4.70 Å². The van der Waals surface area contributed by atoms with E-state index in [-0.39, 0.29) is 30.3 Å². The Morgan fingerprint density at radius 3 is 2.63 bits per heavy atom. The fraction of sp³-hybridized carbons (Fsp3) is 0.471. The summed E-state index contributed by atoms with van der Waals surface area (Å²) in [6.45, 7) is 5.61. The summed E-state index contributed by atoms with van der Waals surface area (Å²) in [6.07, 6.45) is -1.35. The highest BCUT2D eigenvalue weighted by Crippen LogP contribution is 2.28. The number of hydrogen-bond donors (Lipinski definition) is 4. The van der Waals surface area contributed by atoms with E-state index in [1.165, 1.54) is 11.0 Å². The normalized spacial score (nSPS) is 11.4. The number of hydrogen-bond acceptors (Lipinski definition) is 6. The van der Waals surface area contributed by atoms with Crippen LogP contribution in [0.15, 0.2) is 16.9 Å². The highest BCUT2D eigenvalue weighted by molar-refractivity contribution is 7.16. The van der Waals surface area contributed by atoms with Gasteiger partial charge in [-0.1, -0.05) is 17.4 Å². The highest BCUT2D eigenvalue weighted by Gasteiger charge is 2.18. The van der Waals surface area contributed by atoms with Crippen molar-refractivity contribution in [3.05, 3.63) is 27.4 Å². The van der Waals surface area contributed by atoms with Crippen LogP contribution in [0.3, 0.4) is 0 Å². The van der Waals surface area contributed by atoms with Gasteiger partial charge in [0.1, 0.15) is 16.9 Å². The van der Waals surface area contributed by atoms with Crippen LogP contribution in [-0.4, -0.2) is 57.5 Å². The van der Waals surface area contributed by atoms with Crippen molar-refractivity contribution in [2.45, 2.75) is 32.8 Å². The first-order chi connectivity index (χ1) is 12.6. The third-order valence-electron chi connectivity index (χ3n) is 3.61. The second-order valence-electron chi connectivity index (χ2n) is 6.91. The SMILES string of the molecule is CC(C)(C)OC(=O)NCCN(CCc1ccc(O)c2[nH]c(=O)sc12)C(=O)O. The summed E-state index contributed by atoms with van der Waals surface area (Å²) < 4.78 is 5.71. The van der Waals surface area contributed by atoms with E-state index in [2.05, 4.69) is 10.3 Å². The van der Waals surface area contributed by atoms with Gasteiger partial charge in [-0.05, 0) is 38.8 Å². The molecule has 9 nitrogen and oxygen atoms in total. The molecule has 2 rings (SSSR count). The van der Waals surface area contributed by atoms with E-state index in [0.29, 0.717) is 16.6 Å². The molecule has 2 amide bonds. The molecule has 0 atom stereocenters. The summed E-state index contributed by atoms with van der Waals surface area (Å²) in [5.74, 6) is -0.0243. The maximum Gasteiger partial charge on any atom is 0.407 e. The minimum atomic E-state index is -1.11. The number of carbonyl (C=O) groups is 2. The molecule has 1 aromatic heterocycles. The molecule has 0 fully saturated rings. The first-order valence-corrected chi connectivity index (χ1v) is 9.17. The average molecular weight is 397 g/mol. The number of ether oxygens (including phenoxy) is 1. The Balaban J connectivity index is 1.95. The minimum absolute atomic E-state index is 0.0243. The van der Waals surface area contributed by atoms with Crippen LogP contribution in [0, 0.1) is 0 Å².